The molecule has 0 amide bonds. The second-order valence-electron chi connectivity index (χ2n) is 4.07. The number of rotatable bonds is 5. The van der Waals surface area contributed by atoms with Crippen LogP contribution in [0.15, 0.2) is 0 Å². The topological polar surface area (TPSA) is 18.5 Å². The van der Waals surface area contributed by atoms with E-state index in [0.717, 1.165) is 17.6 Å². The number of hydrogen-bond donors (Lipinski definition) is 0. The predicted octanol–water partition coefficient (Wildman–Crippen LogP) is 3.18. The number of ether oxygens (including phenoxy) is 2. The predicted molar refractivity (Wildman–Crippen MR) is 67.1 cm³/mol. The first kappa shape index (κ1) is 12.7. The summed E-state index contributed by atoms with van der Waals surface area (Å²) in [7, 11) is 1.73. The lowest BCUT2D eigenvalue weighted by Crippen LogP contribution is -2.35. The summed E-state index contributed by atoms with van der Waals surface area (Å²) in [5, 5.41) is 0. The van der Waals surface area contributed by atoms with Crippen LogP contribution in [0.4, 0.5) is 0 Å². The zero-order valence-electron chi connectivity index (χ0n) is 9.06. The second kappa shape index (κ2) is 7.01. The van der Waals surface area contributed by atoms with Gasteiger partial charge >= 0.3 is 0 Å². The maximum atomic E-state index is 6.01. The summed E-state index contributed by atoms with van der Waals surface area (Å²) in [5.41, 5.74) is 0.162. The highest BCUT2D eigenvalue weighted by Crippen LogP contribution is 2.32. The van der Waals surface area contributed by atoms with E-state index in [4.69, 9.17) is 9.47 Å². The van der Waals surface area contributed by atoms with Crippen molar-refractivity contribution in [2.45, 2.75) is 44.1 Å². The SMILES string of the molecule is COCCOC1(CI)CCCCCC1. The van der Waals surface area contributed by atoms with Crippen LogP contribution in [0.25, 0.3) is 0 Å². The third-order valence-electron chi connectivity index (χ3n) is 2.95. The van der Waals surface area contributed by atoms with E-state index in [0.29, 0.717) is 0 Å². The molecular weight excluding hydrogens is 291 g/mol. The molecule has 0 heterocycles. The molecule has 1 saturated carbocycles. The quantitative estimate of drug-likeness (QED) is 0.336. The molecule has 1 aliphatic rings. The Hall–Kier alpha value is 0.650. The molecule has 0 N–H and O–H groups in total. The Morgan fingerprint density at radius 2 is 1.71 bits per heavy atom. The highest BCUT2D eigenvalue weighted by molar-refractivity contribution is 14.1. The molecule has 0 unspecified atom stereocenters. The largest absolute Gasteiger partial charge is 0.382 e. The van der Waals surface area contributed by atoms with Gasteiger partial charge in [-0.25, -0.2) is 0 Å². The second-order valence-corrected chi connectivity index (χ2v) is 4.83. The van der Waals surface area contributed by atoms with Crippen LogP contribution in [0.5, 0.6) is 0 Å². The summed E-state index contributed by atoms with van der Waals surface area (Å²) in [6.07, 6.45) is 7.89. The van der Waals surface area contributed by atoms with Gasteiger partial charge in [0.25, 0.3) is 0 Å². The summed E-state index contributed by atoms with van der Waals surface area (Å²) in [6, 6.07) is 0. The van der Waals surface area contributed by atoms with Crippen molar-refractivity contribution in [2.24, 2.45) is 0 Å². The molecule has 0 spiro atoms. The molecule has 0 atom stereocenters. The Morgan fingerprint density at radius 1 is 1.07 bits per heavy atom. The van der Waals surface area contributed by atoms with Crippen molar-refractivity contribution in [3.63, 3.8) is 0 Å². The number of hydrogen-bond acceptors (Lipinski definition) is 2. The Balaban J connectivity index is 2.37. The zero-order valence-corrected chi connectivity index (χ0v) is 11.2. The minimum Gasteiger partial charge on any atom is -0.382 e. The van der Waals surface area contributed by atoms with Gasteiger partial charge in [-0.15, -0.1) is 0 Å². The maximum Gasteiger partial charge on any atom is 0.0772 e. The van der Waals surface area contributed by atoms with Gasteiger partial charge in [-0.05, 0) is 12.8 Å². The molecule has 2 nitrogen and oxygen atoms in total. The van der Waals surface area contributed by atoms with Crippen molar-refractivity contribution in [2.75, 3.05) is 24.8 Å². The molecule has 0 radical (unpaired) electrons. The van der Waals surface area contributed by atoms with Crippen LogP contribution >= 0.6 is 22.6 Å². The fraction of sp³-hybridized carbons (Fsp3) is 1.00. The van der Waals surface area contributed by atoms with E-state index in [-0.39, 0.29) is 5.60 Å². The summed E-state index contributed by atoms with van der Waals surface area (Å²) < 4.78 is 12.2. The molecule has 1 aliphatic carbocycles. The van der Waals surface area contributed by atoms with Crippen LogP contribution in [-0.2, 0) is 9.47 Å². The van der Waals surface area contributed by atoms with Gasteiger partial charge in [0.2, 0.25) is 0 Å². The van der Waals surface area contributed by atoms with Gasteiger partial charge in [0.15, 0.2) is 0 Å². The van der Waals surface area contributed by atoms with Crippen molar-refractivity contribution in [3.8, 4) is 0 Å². The van der Waals surface area contributed by atoms with Gasteiger partial charge in [-0.2, -0.15) is 0 Å². The van der Waals surface area contributed by atoms with E-state index in [1.54, 1.807) is 7.11 Å². The van der Waals surface area contributed by atoms with Gasteiger partial charge in [-0.3, -0.25) is 0 Å². The molecule has 0 bridgehead atoms. The van der Waals surface area contributed by atoms with Crippen LogP contribution < -0.4 is 0 Å². The average molecular weight is 312 g/mol. The molecule has 0 aliphatic heterocycles. The number of halogens is 1. The van der Waals surface area contributed by atoms with Crippen LogP contribution in [0.2, 0.25) is 0 Å². The third kappa shape index (κ3) is 4.03. The molecule has 0 saturated heterocycles. The Kier molecular flexibility index (Phi) is 6.37. The van der Waals surface area contributed by atoms with Crippen molar-refractivity contribution in [3.05, 3.63) is 0 Å². The van der Waals surface area contributed by atoms with Crippen LogP contribution in [-0.4, -0.2) is 30.4 Å². The lowest BCUT2D eigenvalue weighted by atomic mass is 9.97. The van der Waals surface area contributed by atoms with Crippen molar-refractivity contribution in [1.82, 2.24) is 0 Å². The van der Waals surface area contributed by atoms with Crippen LogP contribution in [0.3, 0.4) is 0 Å². The maximum absolute atomic E-state index is 6.01. The molecular formula is C11H21IO2. The first-order chi connectivity index (χ1) is 6.83. The molecule has 0 aromatic carbocycles. The third-order valence-corrected chi connectivity index (χ3v) is 4.34. The normalized spacial score (nSPS) is 21.9. The highest BCUT2D eigenvalue weighted by Gasteiger charge is 2.30. The fourth-order valence-electron chi connectivity index (χ4n) is 2.03. The van der Waals surface area contributed by atoms with E-state index >= 15 is 0 Å². The van der Waals surface area contributed by atoms with Gasteiger partial charge in [0.05, 0.1) is 18.8 Å². The first-order valence-electron chi connectivity index (χ1n) is 5.52. The standard InChI is InChI=1S/C11H21IO2/c1-13-8-9-14-11(10-12)6-4-2-3-5-7-11/h2-10H2,1H3. The Morgan fingerprint density at radius 3 is 2.21 bits per heavy atom. The summed E-state index contributed by atoms with van der Waals surface area (Å²) in [5.74, 6) is 0. The zero-order chi connectivity index (χ0) is 10.3. The first-order valence-corrected chi connectivity index (χ1v) is 7.04. The summed E-state index contributed by atoms with van der Waals surface area (Å²) in [6.45, 7) is 1.47. The molecule has 1 rings (SSSR count). The molecule has 0 aromatic rings. The van der Waals surface area contributed by atoms with Crippen molar-refractivity contribution < 1.29 is 9.47 Å². The van der Waals surface area contributed by atoms with E-state index in [1.165, 1.54) is 38.5 Å². The van der Waals surface area contributed by atoms with E-state index in [1.807, 2.05) is 0 Å². The van der Waals surface area contributed by atoms with Gasteiger partial charge in [0.1, 0.15) is 0 Å². The Labute approximate surface area is 101 Å². The molecule has 0 aromatic heterocycles. The summed E-state index contributed by atoms with van der Waals surface area (Å²) in [4.78, 5) is 0. The monoisotopic (exact) mass is 312 g/mol. The van der Waals surface area contributed by atoms with E-state index < -0.39 is 0 Å². The lowest BCUT2D eigenvalue weighted by molar-refractivity contribution is -0.0544. The highest BCUT2D eigenvalue weighted by atomic mass is 127. The minimum atomic E-state index is 0.162. The van der Waals surface area contributed by atoms with E-state index in [2.05, 4.69) is 22.6 Å². The Bertz CT molecular complexity index is 142. The van der Waals surface area contributed by atoms with Crippen LogP contribution in [0.1, 0.15) is 38.5 Å². The molecule has 84 valence electrons. The summed E-state index contributed by atoms with van der Waals surface area (Å²) >= 11 is 2.46. The number of methoxy groups -OCH3 is 1. The molecule has 14 heavy (non-hydrogen) atoms. The smallest absolute Gasteiger partial charge is 0.0772 e. The average Bonchev–Trinajstić information content (AvgIpc) is 2.45. The van der Waals surface area contributed by atoms with E-state index in [9.17, 15) is 0 Å². The molecule has 3 heteroatoms. The molecule has 1 fully saturated rings. The van der Waals surface area contributed by atoms with Crippen LogP contribution in [0, 0.1) is 0 Å². The van der Waals surface area contributed by atoms with Gasteiger partial charge in [-0.1, -0.05) is 48.3 Å². The number of alkyl halides is 1. The van der Waals surface area contributed by atoms with Gasteiger partial charge in [0, 0.05) is 11.5 Å². The minimum absolute atomic E-state index is 0.162. The van der Waals surface area contributed by atoms with Crippen molar-refractivity contribution >= 4 is 22.6 Å². The van der Waals surface area contributed by atoms with Gasteiger partial charge < -0.3 is 9.47 Å². The van der Waals surface area contributed by atoms with Crippen molar-refractivity contribution in [1.29, 1.82) is 0 Å². The lowest BCUT2D eigenvalue weighted by Gasteiger charge is -2.31. The fourth-order valence-corrected chi connectivity index (χ4v) is 3.01.